The van der Waals surface area contributed by atoms with Gasteiger partial charge in [0.1, 0.15) is 5.82 Å². The lowest BCUT2D eigenvalue weighted by molar-refractivity contribution is 0.174. The minimum Gasteiger partial charge on any atom is -0.454 e. The molecule has 1 aromatic heterocycles. The fraction of sp³-hybridized carbons (Fsp3) is 0.474. The van der Waals surface area contributed by atoms with Crippen molar-refractivity contribution in [2.75, 3.05) is 51.0 Å². The maximum atomic E-state index is 5.54. The summed E-state index contributed by atoms with van der Waals surface area (Å²) in [6, 6.07) is 6.52. The summed E-state index contributed by atoms with van der Waals surface area (Å²) in [6.45, 7) is 6.40. The van der Waals surface area contributed by atoms with E-state index in [0.29, 0.717) is 12.7 Å². The molecule has 8 nitrogen and oxygen atoms in total. The number of nitrogens with zero attached hydrogens (tertiary/aromatic N) is 4. The molecule has 5 rings (SSSR count). The molecule has 2 atom stereocenters. The van der Waals surface area contributed by atoms with Crippen molar-refractivity contribution in [1.82, 2.24) is 25.7 Å². The molecule has 2 unspecified atom stereocenters. The molecule has 2 saturated heterocycles. The standard InChI is InChI=1S/C19H24N6O2/c1-2-16-17(27-13-26-16)9-14(1)19-15(10-22-23-19)12-24-5-7-25(8-6-24)18-11-20-3-4-21-18/h1-4,9,11,15,19,22-23H,5-8,10,12-13H2. The van der Waals surface area contributed by atoms with Gasteiger partial charge < -0.3 is 14.4 Å². The normalized spacial score (nSPS) is 25.1. The van der Waals surface area contributed by atoms with Crippen LogP contribution in [-0.2, 0) is 0 Å². The van der Waals surface area contributed by atoms with Crippen LogP contribution in [0.1, 0.15) is 11.6 Å². The maximum Gasteiger partial charge on any atom is 0.231 e. The van der Waals surface area contributed by atoms with Gasteiger partial charge in [-0.2, -0.15) is 0 Å². The molecule has 2 N–H and O–H groups in total. The first-order valence-corrected chi connectivity index (χ1v) is 9.48. The molecule has 3 aliphatic heterocycles. The van der Waals surface area contributed by atoms with Gasteiger partial charge in [0.25, 0.3) is 0 Å². The summed E-state index contributed by atoms with van der Waals surface area (Å²) in [5, 5.41) is 0. The second-order valence-electron chi connectivity index (χ2n) is 7.23. The minimum absolute atomic E-state index is 0.275. The Balaban J connectivity index is 1.21. The van der Waals surface area contributed by atoms with Gasteiger partial charge in [0.2, 0.25) is 6.79 Å². The van der Waals surface area contributed by atoms with Crippen molar-refractivity contribution in [2.24, 2.45) is 5.92 Å². The second-order valence-corrected chi connectivity index (χ2v) is 7.23. The molecule has 2 aromatic rings. The molecule has 2 fully saturated rings. The Labute approximate surface area is 158 Å². The second kappa shape index (κ2) is 7.30. The Bertz CT molecular complexity index is 781. The molecule has 3 aliphatic rings. The third kappa shape index (κ3) is 3.43. The van der Waals surface area contributed by atoms with Crippen molar-refractivity contribution < 1.29 is 9.47 Å². The van der Waals surface area contributed by atoms with Crippen LogP contribution in [0.25, 0.3) is 0 Å². The lowest BCUT2D eigenvalue weighted by Gasteiger charge is -2.37. The van der Waals surface area contributed by atoms with Crippen LogP contribution in [0.4, 0.5) is 5.82 Å². The molecule has 1 aromatic carbocycles. The lowest BCUT2D eigenvalue weighted by Crippen LogP contribution is -2.48. The molecule has 8 heteroatoms. The molecule has 0 saturated carbocycles. The van der Waals surface area contributed by atoms with E-state index in [1.54, 1.807) is 12.4 Å². The van der Waals surface area contributed by atoms with Crippen LogP contribution >= 0.6 is 0 Å². The number of nitrogens with one attached hydrogen (secondary N) is 2. The van der Waals surface area contributed by atoms with Crippen molar-refractivity contribution >= 4 is 5.82 Å². The first-order valence-electron chi connectivity index (χ1n) is 9.48. The number of aromatic nitrogens is 2. The number of hydrogen-bond acceptors (Lipinski definition) is 8. The predicted octanol–water partition coefficient (Wildman–Crippen LogP) is 0.793. The third-order valence-electron chi connectivity index (χ3n) is 5.59. The van der Waals surface area contributed by atoms with E-state index in [1.165, 1.54) is 5.56 Å². The van der Waals surface area contributed by atoms with Crippen LogP contribution in [0.2, 0.25) is 0 Å². The Morgan fingerprint density at radius 1 is 1.07 bits per heavy atom. The highest BCUT2D eigenvalue weighted by atomic mass is 16.7. The highest BCUT2D eigenvalue weighted by Crippen LogP contribution is 2.36. The molecule has 0 aliphatic carbocycles. The summed E-state index contributed by atoms with van der Waals surface area (Å²) in [5.74, 6) is 3.16. The average molecular weight is 368 g/mol. The van der Waals surface area contributed by atoms with Crippen molar-refractivity contribution in [3.8, 4) is 11.5 Å². The summed E-state index contributed by atoms with van der Waals surface area (Å²) in [7, 11) is 0. The third-order valence-corrected chi connectivity index (χ3v) is 5.59. The summed E-state index contributed by atoms with van der Waals surface area (Å²) >= 11 is 0. The number of hydrogen-bond donors (Lipinski definition) is 2. The van der Waals surface area contributed by atoms with Gasteiger partial charge >= 0.3 is 0 Å². The Kier molecular flexibility index (Phi) is 4.52. The van der Waals surface area contributed by atoms with Gasteiger partial charge in [-0.1, -0.05) is 6.07 Å². The first kappa shape index (κ1) is 16.7. The van der Waals surface area contributed by atoms with Crippen LogP contribution in [0.15, 0.2) is 36.8 Å². The summed E-state index contributed by atoms with van der Waals surface area (Å²) < 4.78 is 11.0. The van der Waals surface area contributed by atoms with Crippen LogP contribution in [0, 0.1) is 5.92 Å². The highest BCUT2D eigenvalue weighted by molar-refractivity contribution is 5.45. The summed E-state index contributed by atoms with van der Waals surface area (Å²) in [4.78, 5) is 13.4. The van der Waals surface area contributed by atoms with Crippen molar-refractivity contribution in [1.29, 1.82) is 0 Å². The number of anilines is 1. The van der Waals surface area contributed by atoms with Gasteiger partial charge in [-0.15, -0.1) is 0 Å². The molecule has 0 spiro atoms. The lowest BCUT2D eigenvalue weighted by atomic mass is 9.94. The monoisotopic (exact) mass is 368 g/mol. The van der Waals surface area contributed by atoms with Gasteiger partial charge in [0, 0.05) is 57.6 Å². The smallest absolute Gasteiger partial charge is 0.231 e. The van der Waals surface area contributed by atoms with E-state index in [9.17, 15) is 0 Å². The van der Waals surface area contributed by atoms with Crippen molar-refractivity contribution in [3.63, 3.8) is 0 Å². The largest absolute Gasteiger partial charge is 0.454 e. The Morgan fingerprint density at radius 2 is 1.96 bits per heavy atom. The molecule has 0 amide bonds. The highest BCUT2D eigenvalue weighted by Gasteiger charge is 2.32. The number of ether oxygens (including phenoxy) is 2. The Hall–Kier alpha value is -2.42. The van der Waals surface area contributed by atoms with E-state index in [0.717, 1.165) is 56.6 Å². The molecular weight excluding hydrogens is 344 g/mol. The molecule has 0 radical (unpaired) electrons. The van der Waals surface area contributed by atoms with E-state index in [4.69, 9.17) is 9.47 Å². The van der Waals surface area contributed by atoms with Gasteiger partial charge in [0.05, 0.1) is 12.2 Å². The van der Waals surface area contributed by atoms with Crippen LogP contribution < -0.4 is 25.2 Å². The predicted molar refractivity (Wildman–Crippen MR) is 101 cm³/mol. The van der Waals surface area contributed by atoms with E-state index < -0.39 is 0 Å². The molecule has 27 heavy (non-hydrogen) atoms. The van der Waals surface area contributed by atoms with E-state index in [1.807, 2.05) is 12.3 Å². The summed E-state index contributed by atoms with van der Waals surface area (Å²) in [5.41, 5.74) is 8.02. The fourth-order valence-corrected chi connectivity index (χ4v) is 4.11. The quantitative estimate of drug-likeness (QED) is 0.821. The number of piperazine rings is 1. The zero-order chi connectivity index (χ0) is 18.1. The van der Waals surface area contributed by atoms with Crippen LogP contribution in [-0.4, -0.2) is 60.9 Å². The first-order chi connectivity index (χ1) is 13.4. The fourth-order valence-electron chi connectivity index (χ4n) is 4.11. The van der Waals surface area contributed by atoms with Crippen molar-refractivity contribution in [2.45, 2.75) is 6.04 Å². The topological polar surface area (TPSA) is 74.8 Å². The molecular formula is C19H24N6O2. The Morgan fingerprint density at radius 3 is 2.81 bits per heavy atom. The van der Waals surface area contributed by atoms with Gasteiger partial charge in [0.15, 0.2) is 11.5 Å². The molecule has 4 heterocycles. The average Bonchev–Trinajstić information content (AvgIpc) is 3.38. The van der Waals surface area contributed by atoms with Gasteiger partial charge in [-0.25, -0.2) is 10.4 Å². The summed E-state index contributed by atoms with van der Waals surface area (Å²) in [6.07, 6.45) is 5.32. The van der Waals surface area contributed by atoms with Crippen molar-refractivity contribution in [3.05, 3.63) is 42.4 Å². The number of benzene rings is 1. The van der Waals surface area contributed by atoms with E-state index in [-0.39, 0.29) is 6.04 Å². The van der Waals surface area contributed by atoms with Crippen LogP contribution in [0.5, 0.6) is 11.5 Å². The zero-order valence-electron chi connectivity index (χ0n) is 15.2. The maximum absolute atomic E-state index is 5.54. The van der Waals surface area contributed by atoms with Gasteiger partial charge in [-0.3, -0.25) is 15.3 Å². The molecule has 142 valence electrons. The van der Waals surface area contributed by atoms with E-state index in [2.05, 4.69) is 42.8 Å². The number of rotatable bonds is 4. The van der Waals surface area contributed by atoms with Gasteiger partial charge in [-0.05, 0) is 17.7 Å². The van der Waals surface area contributed by atoms with Crippen LogP contribution in [0.3, 0.4) is 0 Å². The number of hydrazine groups is 1. The molecule has 0 bridgehead atoms. The number of fused-ring (bicyclic) bond motifs is 1. The zero-order valence-corrected chi connectivity index (χ0v) is 15.2. The van der Waals surface area contributed by atoms with E-state index >= 15 is 0 Å². The SMILES string of the molecule is c1cnc(N2CCN(CC3CNNC3c3ccc4c(c3)OCO4)CC2)cn1. The minimum atomic E-state index is 0.275.